The first-order valence-electron chi connectivity index (χ1n) is 8.95. The summed E-state index contributed by atoms with van der Waals surface area (Å²) in [6.07, 6.45) is 0. The molecule has 164 valence electrons. The van der Waals surface area contributed by atoms with Crippen LogP contribution < -0.4 is 10.5 Å². The Morgan fingerprint density at radius 1 is 1.35 bits per heavy atom. The minimum Gasteiger partial charge on any atom is -0.324 e. The topological polar surface area (TPSA) is 150 Å². The first-order valence-corrected chi connectivity index (χ1v) is 11.8. The molecule has 0 aliphatic heterocycles. The van der Waals surface area contributed by atoms with E-state index in [1.165, 1.54) is 30.3 Å². The molecule has 2 aromatic carbocycles. The summed E-state index contributed by atoms with van der Waals surface area (Å²) in [6, 6.07) is 8.17. The highest BCUT2D eigenvalue weighted by atomic mass is 35.5. The van der Waals surface area contributed by atoms with Crippen molar-refractivity contribution in [2.24, 2.45) is 5.14 Å². The number of primary sulfonamides is 1. The Kier molecular flexibility index (Phi) is 6.55. The van der Waals surface area contributed by atoms with Crippen molar-refractivity contribution in [2.45, 2.75) is 35.7 Å². The van der Waals surface area contributed by atoms with Crippen LogP contribution in [0.1, 0.15) is 13.8 Å². The van der Waals surface area contributed by atoms with Crippen LogP contribution in [0.25, 0.3) is 11.0 Å². The maximum absolute atomic E-state index is 12.7. The zero-order valence-corrected chi connectivity index (χ0v) is 18.8. The number of nitro groups is 1. The van der Waals surface area contributed by atoms with Gasteiger partial charge in [0, 0.05) is 18.7 Å². The van der Waals surface area contributed by atoms with Crippen LogP contribution in [0.15, 0.2) is 46.5 Å². The van der Waals surface area contributed by atoms with Gasteiger partial charge >= 0.3 is 0 Å². The first kappa shape index (κ1) is 23.0. The lowest BCUT2D eigenvalue weighted by atomic mass is 10.2. The molecule has 31 heavy (non-hydrogen) atoms. The molecule has 3 rings (SSSR count). The van der Waals surface area contributed by atoms with E-state index in [0.29, 0.717) is 22.7 Å². The largest absolute Gasteiger partial charge is 0.324 e. The molecule has 0 spiro atoms. The number of non-ortho nitro benzene ring substituents is 1. The Labute approximate surface area is 187 Å². The number of amides is 1. The van der Waals surface area contributed by atoms with Gasteiger partial charge in [-0.3, -0.25) is 14.9 Å². The summed E-state index contributed by atoms with van der Waals surface area (Å²) in [4.78, 5) is 27.4. The van der Waals surface area contributed by atoms with Crippen molar-refractivity contribution in [1.29, 1.82) is 0 Å². The van der Waals surface area contributed by atoms with E-state index >= 15 is 0 Å². The number of nitrogens with one attached hydrogen (secondary N) is 1. The van der Waals surface area contributed by atoms with E-state index in [-0.39, 0.29) is 21.3 Å². The molecule has 13 heteroatoms. The standard InChI is InChI=1S/C18H18ClN5O5S2/c1-3-23-16-7-5-12(31(20,28)29)9-15(16)22-18(23)30-10(2)17(25)21-14-8-11(24(26)27)4-6-13(14)19/h4-10H,3H2,1-2H3,(H,21,25)(H2,20,28,29)/t10-/m0/s1. The maximum Gasteiger partial charge on any atom is 0.271 e. The first-order chi connectivity index (χ1) is 14.5. The van der Waals surface area contributed by atoms with E-state index in [9.17, 15) is 23.3 Å². The van der Waals surface area contributed by atoms with Crippen molar-refractivity contribution >= 4 is 61.7 Å². The number of thioether (sulfide) groups is 1. The average molecular weight is 484 g/mol. The number of carbonyl (C=O) groups is 1. The number of nitrogens with zero attached hydrogens (tertiary/aromatic N) is 3. The zero-order chi connectivity index (χ0) is 22.9. The van der Waals surface area contributed by atoms with Crippen LogP contribution in [0, 0.1) is 10.1 Å². The molecule has 0 saturated carbocycles. The Balaban J connectivity index is 1.85. The number of nitro benzene ring substituents is 1. The summed E-state index contributed by atoms with van der Waals surface area (Å²) in [7, 11) is -3.87. The summed E-state index contributed by atoms with van der Waals surface area (Å²) in [5, 5.41) is 18.8. The Hall–Kier alpha value is -2.67. The predicted octanol–water partition coefficient (Wildman–Crippen LogP) is 3.38. The van der Waals surface area contributed by atoms with E-state index in [1.807, 2.05) is 11.5 Å². The number of carbonyl (C=O) groups excluding carboxylic acids is 1. The van der Waals surface area contributed by atoms with E-state index in [1.54, 1.807) is 13.0 Å². The molecule has 0 aliphatic rings. The third-order valence-corrected chi connectivity index (χ3v) is 6.73. The second kappa shape index (κ2) is 8.83. The van der Waals surface area contributed by atoms with Crippen LogP contribution in [0.4, 0.5) is 11.4 Å². The number of halogens is 1. The minimum atomic E-state index is -3.87. The van der Waals surface area contributed by atoms with Crippen LogP contribution in [0.2, 0.25) is 5.02 Å². The van der Waals surface area contributed by atoms with Gasteiger partial charge in [-0.05, 0) is 38.1 Å². The molecule has 0 saturated heterocycles. The average Bonchev–Trinajstić information content (AvgIpc) is 3.04. The predicted molar refractivity (Wildman–Crippen MR) is 119 cm³/mol. The number of hydrogen-bond acceptors (Lipinski definition) is 7. The van der Waals surface area contributed by atoms with Gasteiger partial charge in [-0.15, -0.1) is 0 Å². The number of hydrogen-bond donors (Lipinski definition) is 2. The molecule has 0 aliphatic carbocycles. The third-order valence-electron chi connectivity index (χ3n) is 4.40. The molecule has 0 bridgehead atoms. The molecular formula is C18H18ClN5O5S2. The van der Waals surface area contributed by atoms with Gasteiger partial charge in [-0.25, -0.2) is 18.5 Å². The van der Waals surface area contributed by atoms with Gasteiger partial charge in [0.05, 0.1) is 36.8 Å². The molecule has 0 unspecified atom stereocenters. The van der Waals surface area contributed by atoms with Crippen LogP contribution in [-0.4, -0.2) is 34.0 Å². The van der Waals surface area contributed by atoms with Gasteiger partial charge < -0.3 is 9.88 Å². The van der Waals surface area contributed by atoms with Crippen LogP contribution in [0.5, 0.6) is 0 Å². The minimum absolute atomic E-state index is 0.0524. The summed E-state index contributed by atoms with van der Waals surface area (Å²) >= 11 is 7.20. The second-order valence-corrected chi connectivity index (χ2v) is 9.78. The smallest absolute Gasteiger partial charge is 0.271 e. The molecule has 0 radical (unpaired) electrons. The van der Waals surface area contributed by atoms with Gasteiger partial charge in [-0.1, -0.05) is 23.4 Å². The quantitative estimate of drug-likeness (QED) is 0.297. The number of aromatic nitrogens is 2. The van der Waals surface area contributed by atoms with Crippen molar-refractivity contribution in [2.75, 3.05) is 5.32 Å². The summed E-state index contributed by atoms with van der Waals surface area (Å²) < 4.78 is 25.1. The number of rotatable bonds is 7. The van der Waals surface area contributed by atoms with Gasteiger partial charge in [0.1, 0.15) is 0 Å². The lowest BCUT2D eigenvalue weighted by molar-refractivity contribution is -0.384. The molecule has 1 atom stereocenters. The fourth-order valence-electron chi connectivity index (χ4n) is 2.83. The summed E-state index contributed by atoms with van der Waals surface area (Å²) in [5.74, 6) is -0.424. The number of aryl methyl sites for hydroxylation is 1. The van der Waals surface area contributed by atoms with Crippen molar-refractivity contribution in [3.05, 3.63) is 51.5 Å². The molecule has 0 fully saturated rings. The van der Waals surface area contributed by atoms with Crippen molar-refractivity contribution in [3.63, 3.8) is 0 Å². The fourth-order valence-corrected chi connectivity index (χ4v) is 4.51. The van der Waals surface area contributed by atoms with E-state index < -0.39 is 26.1 Å². The highest BCUT2D eigenvalue weighted by Gasteiger charge is 2.21. The molecule has 3 N–H and O–H groups in total. The number of fused-ring (bicyclic) bond motifs is 1. The third kappa shape index (κ3) is 4.98. The SMILES string of the molecule is CCn1c(S[C@@H](C)C(=O)Nc2cc([N+](=O)[O-])ccc2Cl)nc2cc(S(N)(=O)=O)ccc21. The highest BCUT2D eigenvalue weighted by molar-refractivity contribution is 8.00. The van der Waals surface area contributed by atoms with Crippen molar-refractivity contribution in [1.82, 2.24) is 9.55 Å². The Morgan fingerprint density at radius 3 is 2.68 bits per heavy atom. The number of anilines is 1. The number of nitrogens with two attached hydrogens (primary N) is 1. The second-order valence-electron chi connectivity index (χ2n) is 6.50. The molecule has 1 aromatic heterocycles. The number of benzene rings is 2. The van der Waals surface area contributed by atoms with Gasteiger partial charge in [0.15, 0.2) is 5.16 Å². The summed E-state index contributed by atoms with van der Waals surface area (Å²) in [6.45, 7) is 4.09. The van der Waals surface area contributed by atoms with Gasteiger partial charge in [-0.2, -0.15) is 0 Å². The molecule has 1 heterocycles. The summed E-state index contributed by atoms with van der Waals surface area (Å²) in [5.41, 5.74) is 1.07. The van der Waals surface area contributed by atoms with E-state index in [0.717, 1.165) is 11.8 Å². The van der Waals surface area contributed by atoms with Crippen LogP contribution in [-0.2, 0) is 21.4 Å². The van der Waals surface area contributed by atoms with Crippen LogP contribution >= 0.6 is 23.4 Å². The van der Waals surface area contributed by atoms with E-state index in [2.05, 4.69) is 10.3 Å². The number of sulfonamides is 1. The van der Waals surface area contributed by atoms with Crippen molar-refractivity contribution in [3.8, 4) is 0 Å². The normalized spacial score (nSPS) is 12.6. The molecule has 10 nitrogen and oxygen atoms in total. The van der Waals surface area contributed by atoms with Gasteiger partial charge in [0.2, 0.25) is 15.9 Å². The number of imidazole rings is 1. The Bertz CT molecular complexity index is 1290. The lowest BCUT2D eigenvalue weighted by Gasteiger charge is -2.13. The van der Waals surface area contributed by atoms with Crippen LogP contribution in [0.3, 0.4) is 0 Å². The van der Waals surface area contributed by atoms with Crippen molar-refractivity contribution < 1.29 is 18.1 Å². The highest BCUT2D eigenvalue weighted by Crippen LogP contribution is 2.31. The van der Waals surface area contributed by atoms with E-state index in [4.69, 9.17) is 16.7 Å². The lowest BCUT2D eigenvalue weighted by Crippen LogP contribution is -2.23. The zero-order valence-electron chi connectivity index (χ0n) is 16.4. The Morgan fingerprint density at radius 2 is 2.06 bits per heavy atom. The fraction of sp³-hybridized carbons (Fsp3) is 0.222. The molecular weight excluding hydrogens is 466 g/mol. The monoisotopic (exact) mass is 483 g/mol. The maximum atomic E-state index is 12.7. The molecule has 1 amide bonds. The molecule has 3 aromatic rings. The van der Waals surface area contributed by atoms with Gasteiger partial charge in [0.25, 0.3) is 5.69 Å².